The van der Waals surface area contributed by atoms with Crippen LogP contribution in [0.4, 0.5) is 5.69 Å². The van der Waals surface area contributed by atoms with Gasteiger partial charge in [0, 0.05) is 42.8 Å². The van der Waals surface area contributed by atoms with E-state index in [0.29, 0.717) is 18.7 Å². The Kier molecular flexibility index (Phi) is 11.8. The van der Waals surface area contributed by atoms with E-state index in [9.17, 15) is 24.0 Å². The monoisotopic (exact) mass is 538 g/mol. The SMILES string of the molecule is C#CC[C@@H](C(=O)N[C@H](/C=C/C(=O)OCC)CC1CCNC1=O)n1cccc(NC(=O)C(=C)/C=C(/C)OC)c1=O. The molecule has 1 aliphatic heterocycles. The van der Waals surface area contributed by atoms with E-state index in [4.69, 9.17) is 15.9 Å². The number of nitrogens with zero attached hydrogens (tertiary/aromatic N) is 1. The second kappa shape index (κ2) is 15.0. The molecule has 1 saturated heterocycles. The molecule has 0 bridgehead atoms. The van der Waals surface area contributed by atoms with Gasteiger partial charge in [0.15, 0.2) is 0 Å². The number of aromatic nitrogens is 1. The third-order valence-electron chi connectivity index (χ3n) is 5.94. The number of carbonyl (C=O) groups excluding carboxylic acids is 4. The van der Waals surface area contributed by atoms with Crippen molar-refractivity contribution in [1.82, 2.24) is 15.2 Å². The van der Waals surface area contributed by atoms with Crippen molar-refractivity contribution < 1.29 is 28.7 Å². The number of nitrogens with one attached hydrogen (secondary N) is 3. The standard InChI is InChI=1S/C28H34N4O7/c1-6-9-23(32-15-8-10-22(28(32)37)31-25(34)18(3)16-19(4)38-5)27(36)30-21(11-12-24(33)39-7-2)17-20-13-14-29-26(20)35/h1,8,10-12,15-16,20-21,23H,3,7,9,13-14,17H2,2,4-5H3,(H,29,35)(H,30,36)(H,31,34)/b12-11+,19-16-/t20?,21-,23+/m1/s1. The van der Waals surface area contributed by atoms with Crippen LogP contribution in [-0.4, -0.2) is 54.6 Å². The van der Waals surface area contributed by atoms with Gasteiger partial charge in [0.1, 0.15) is 11.7 Å². The summed E-state index contributed by atoms with van der Waals surface area (Å²) >= 11 is 0. The molecule has 3 atom stereocenters. The van der Waals surface area contributed by atoms with Crippen molar-refractivity contribution in [3.05, 3.63) is 64.8 Å². The molecule has 1 aromatic rings. The second-order valence-corrected chi connectivity index (χ2v) is 8.74. The summed E-state index contributed by atoms with van der Waals surface area (Å²) in [5.74, 6) is 0.530. The van der Waals surface area contributed by atoms with Gasteiger partial charge < -0.3 is 30.0 Å². The van der Waals surface area contributed by atoms with Gasteiger partial charge in [-0.15, -0.1) is 12.3 Å². The van der Waals surface area contributed by atoms with Crippen LogP contribution in [0.15, 0.2) is 59.3 Å². The van der Waals surface area contributed by atoms with Crippen LogP contribution in [0.5, 0.6) is 0 Å². The highest BCUT2D eigenvalue weighted by Crippen LogP contribution is 2.19. The number of rotatable bonds is 13. The molecule has 1 aliphatic rings. The third-order valence-corrected chi connectivity index (χ3v) is 5.94. The zero-order chi connectivity index (χ0) is 28.9. The van der Waals surface area contributed by atoms with Crippen LogP contribution in [-0.2, 0) is 28.7 Å². The molecule has 0 saturated carbocycles. The molecule has 1 unspecified atom stereocenters. The summed E-state index contributed by atoms with van der Waals surface area (Å²) in [6.45, 7) is 7.68. The Morgan fingerprint density at radius 2 is 2.10 bits per heavy atom. The number of methoxy groups -OCH3 is 1. The predicted molar refractivity (Wildman–Crippen MR) is 145 cm³/mol. The van der Waals surface area contributed by atoms with E-state index in [2.05, 4.69) is 28.4 Å². The van der Waals surface area contributed by atoms with E-state index in [1.165, 1.54) is 43.7 Å². The Hall–Kier alpha value is -4.59. The van der Waals surface area contributed by atoms with E-state index >= 15 is 0 Å². The molecule has 0 aliphatic carbocycles. The quantitative estimate of drug-likeness (QED) is 0.114. The maximum absolute atomic E-state index is 13.4. The Bertz CT molecular complexity index is 1260. The van der Waals surface area contributed by atoms with E-state index in [1.54, 1.807) is 13.8 Å². The largest absolute Gasteiger partial charge is 0.501 e. The van der Waals surface area contributed by atoms with Crippen LogP contribution in [0.1, 0.15) is 39.2 Å². The van der Waals surface area contributed by atoms with Crippen molar-refractivity contribution >= 4 is 29.4 Å². The molecular formula is C28H34N4O7. The van der Waals surface area contributed by atoms with Crippen molar-refractivity contribution in [2.75, 3.05) is 25.6 Å². The summed E-state index contributed by atoms with van der Waals surface area (Å²) in [5, 5.41) is 8.02. The molecule has 1 aromatic heterocycles. The van der Waals surface area contributed by atoms with Crippen LogP contribution in [0.2, 0.25) is 0 Å². The topological polar surface area (TPSA) is 145 Å². The molecule has 0 radical (unpaired) electrons. The first-order chi connectivity index (χ1) is 18.6. The van der Waals surface area contributed by atoms with Gasteiger partial charge in [0.05, 0.1) is 19.5 Å². The highest BCUT2D eigenvalue weighted by atomic mass is 16.5. The number of ether oxygens (including phenoxy) is 2. The Morgan fingerprint density at radius 3 is 2.72 bits per heavy atom. The fraction of sp³-hybridized carbons (Fsp3) is 0.393. The number of amides is 3. The highest BCUT2D eigenvalue weighted by molar-refractivity contribution is 6.05. The Morgan fingerprint density at radius 1 is 1.36 bits per heavy atom. The van der Waals surface area contributed by atoms with Crippen molar-refractivity contribution in [1.29, 1.82) is 0 Å². The first-order valence-electron chi connectivity index (χ1n) is 12.4. The minimum absolute atomic E-state index is 0.0641. The Labute approximate surface area is 227 Å². The zero-order valence-corrected chi connectivity index (χ0v) is 22.3. The lowest BCUT2D eigenvalue weighted by Crippen LogP contribution is -2.43. The molecule has 3 amide bonds. The van der Waals surface area contributed by atoms with Crippen LogP contribution in [0.3, 0.4) is 0 Å². The smallest absolute Gasteiger partial charge is 0.330 e. The summed E-state index contributed by atoms with van der Waals surface area (Å²) in [4.78, 5) is 63.1. The van der Waals surface area contributed by atoms with E-state index < -0.39 is 35.4 Å². The van der Waals surface area contributed by atoms with Crippen molar-refractivity contribution in [3.8, 4) is 12.3 Å². The second-order valence-electron chi connectivity index (χ2n) is 8.74. The van der Waals surface area contributed by atoms with Crippen molar-refractivity contribution in [3.63, 3.8) is 0 Å². The highest BCUT2D eigenvalue weighted by Gasteiger charge is 2.29. The number of esters is 1. The summed E-state index contributed by atoms with van der Waals surface area (Å²) < 4.78 is 11.0. The molecule has 3 N–H and O–H groups in total. The molecule has 2 heterocycles. The first-order valence-corrected chi connectivity index (χ1v) is 12.4. The lowest BCUT2D eigenvalue weighted by Gasteiger charge is -2.23. The summed E-state index contributed by atoms with van der Waals surface area (Å²) in [5.41, 5.74) is -0.673. The van der Waals surface area contributed by atoms with Crippen LogP contribution in [0.25, 0.3) is 0 Å². The number of terminal acetylenes is 1. The molecule has 0 aromatic carbocycles. The van der Waals surface area contributed by atoms with Crippen molar-refractivity contribution in [2.24, 2.45) is 5.92 Å². The molecule has 0 spiro atoms. The molecule has 11 nitrogen and oxygen atoms in total. The third kappa shape index (κ3) is 9.03. The first kappa shape index (κ1) is 30.6. The fourth-order valence-corrected chi connectivity index (χ4v) is 3.88. The summed E-state index contributed by atoms with van der Waals surface area (Å²) in [7, 11) is 1.45. The number of allylic oxidation sites excluding steroid dienone is 1. The molecular weight excluding hydrogens is 504 g/mol. The maximum atomic E-state index is 13.4. The van der Waals surface area contributed by atoms with Gasteiger partial charge in [0.2, 0.25) is 11.8 Å². The van der Waals surface area contributed by atoms with E-state index in [0.717, 1.165) is 4.57 Å². The van der Waals surface area contributed by atoms with Gasteiger partial charge in [-0.25, -0.2) is 4.79 Å². The van der Waals surface area contributed by atoms with Crippen LogP contribution in [0, 0.1) is 18.3 Å². The van der Waals surface area contributed by atoms with Crippen LogP contribution >= 0.6 is 0 Å². The lowest BCUT2D eigenvalue weighted by atomic mass is 9.97. The Balaban J connectivity index is 2.30. The number of anilines is 1. The van der Waals surface area contributed by atoms with Crippen LogP contribution < -0.4 is 21.5 Å². The molecule has 11 heteroatoms. The average molecular weight is 539 g/mol. The maximum Gasteiger partial charge on any atom is 0.330 e. The average Bonchev–Trinajstić information content (AvgIpc) is 3.31. The predicted octanol–water partition coefficient (Wildman–Crippen LogP) is 1.59. The molecule has 208 valence electrons. The fourth-order valence-electron chi connectivity index (χ4n) is 3.88. The molecule has 2 rings (SSSR count). The number of hydrogen-bond acceptors (Lipinski definition) is 7. The normalized spacial score (nSPS) is 16.5. The van der Waals surface area contributed by atoms with Gasteiger partial charge >= 0.3 is 5.97 Å². The minimum Gasteiger partial charge on any atom is -0.501 e. The van der Waals surface area contributed by atoms with Gasteiger partial charge in [-0.1, -0.05) is 12.7 Å². The zero-order valence-electron chi connectivity index (χ0n) is 22.3. The van der Waals surface area contributed by atoms with Gasteiger partial charge in [-0.05, 0) is 44.9 Å². The molecule has 39 heavy (non-hydrogen) atoms. The lowest BCUT2D eigenvalue weighted by molar-refractivity contribution is -0.137. The van der Waals surface area contributed by atoms with Gasteiger partial charge in [-0.2, -0.15) is 0 Å². The number of pyridine rings is 1. The minimum atomic E-state index is -1.13. The summed E-state index contributed by atoms with van der Waals surface area (Å²) in [6, 6.07) is 1.04. The molecule has 1 fully saturated rings. The number of hydrogen-bond donors (Lipinski definition) is 3. The van der Waals surface area contributed by atoms with Gasteiger partial charge in [-0.3, -0.25) is 19.2 Å². The number of carbonyl (C=O) groups is 4. The summed E-state index contributed by atoms with van der Waals surface area (Å²) in [6.07, 6.45) is 11.6. The van der Waals surface area contributed by atoms with E-state index in [1.807, 2.05) is 0 Å². The van der Waals surface area contributed by atoms with E-state index in [-0.39, 0.29) is 42.5 Å². The van der Waals surface area contributed by atoms with Gasteiger partial charge in [0.25, 0.3) is 11.5 Å². The van der Waals surface area contributed by atoms with Crippen molar-refractivity contribution in [2.45, 2.75) is 45.2 Å².